The van der Waals surface area contributed by atoms with Gasteiger partial charge in [0.05, 0.1) is 6.61 Å². The molecule has 0 aliphatic heterocycles. The van der Waals surface area contributed by atoms with E-state index in [1.807, 2.05) is 18.2 Å². The van der Waals surface area contributed by atoms with Crippen LogP contribution in [0.1, 0.15) is 25.3 Å². The largest absolute Gasteiger partial charge is 0.463 e. The molecule has 0 saturated heterocycles. The molecule has 2 aromatic rings. The molecule has 21 heavy (non-hydrogen) atoms. The summed E-state index contributed by atoms with van der Waals surface area (Å²) in [7, 11) is 0. The number of rotatable bonds is 8. The van der Waals surface area contributed by atoms with E-state index in [-0.39, 0.29) is 11.3 Å². The van der Waals surface area contributed by atoms with Gasteiger partial charge in [0.25, 0.3) is 0 Å². The number of aryl methyl sites for hydroxylation is 1. The Balaban J connectivity index is 1.81. The van der Waals surface area contributed by atoms with Crippen LogP contribution < -0.4 is 10.1 Å². The Kier molecular flexibility index (Phi) is 6.22. The van der Waals surface area contributed by atoms with Crippen molar-refractivity contribution >= 4 is 17.5 Å². The summed E-state index contributed by atoms with van der Waals surface area (Å²) >= 11 is 5.86. The van der Waals surface area contributed by atoms with Crippen molar-refractivity contribution in [3.63, 3.8) is 0 Å². The van der Waals surface area contributed by atoms with Gasteiger partial charge in [-0.3, -0.25) is 0 Å². The van der Waals surface area contributed by atoms with E-state index in [4.69, 9.17) is 16.3 Å². The summed E-state index contributed by atoms with van der Waals surface area (Å²) < 4.78 is 5.54. The molecule has 0 saturated carbocycles. The predicted molar refractivity (Wildman–Crippen MR) is 83.9 cm³/mol. The van der Waals surface area contributed by atoms with Gasteiger partial charge in [0.2, 0.25) is 11.2 Å². The van der Waals surface area contributed by atoms with Gasteiger partial charge in [0.15, 0.2) is 0 Å². The maximum absolute atomic E-state index is 5.86. The van der Waals surface area contributed by atoms with Crippen LogP contribution in [0, 0.1) is 0 Å². The Labute approximate surface area is 129 Å². The molecule has 0 aliphatic carbocycles. The number of halogens is 1. The first kappa shape index (κ1) is 15.5. The van der Waals surface area contributed by atoms with Crippen molar-refractivity contribution in [2.75, 3.05) is 18.5 Å². The van der Waals surface area contributed by atoms with Crippen LogP contribution in [-0.4, -0.2) is 28.1 Å². The van der Waals surface area contributed by atoms with Crippen molar-refractivity contribution in [3.8, 4) is 6.01 Å². The van der Waals surface area contributed by atoms with Gasteiger partial charge in [-0.15, -0.1) is 0 Å². The molecule has 0 bridgehead atoms. The SMILES string of the molecule is CCCNc1nc(Cl)nc(OCCCc2ccccc2)n1. The fourth-order valence-electron chi connectivity index (χ4n) is 1.80. The lowest BCUT2D eigenvalue weighted by molar-refractivity contribution is 0.286. The third kappa shape index (κ3) is 5.55. The second-order valence-electron chi connectivity index (χ2n) is 4.58. The summed E-state index contributed by atoms with van der Waals surface area (Å²) in [4.78, 5) is 12.1. The van der Waals surface area contributed by atoms with Crippen molar-refractivity contribution in [2.45, 2.75) is 26.2 Å². The minimum atomic E-state index is 0.140. The molecule has 1 aromatic carbocycles. The van der Waals surface area contributed by atoms with Gasteiger partial charge >= 0.3 is 6.01 Å². The molecule has 2 rings (SSSR count). The van der Waals surface area contributed by atoms with Crippen molar-refractivity contribution in [1.29, 1.82) is 0 Å². The van der Waals surface area contributed by atoms with Crippen LogP contribution in [0.5, 0.6) is 6.01 Å². The summed E-state index contributed by atoms with van der Waals surface area (Å²) in [5, 5.41) is 3.21. The maximum atomic E-state index is 5.86. The molecular weight excluding hydrogens is 288 g/mol. The molecule has 1 heterocycles. The molecule has 1 N–H and O–H groups in total. The first-order chi connectivity index (χ1) is 10.3. The molecular formula is C15H19ClN4O. The zero-order chi connectivity index (χ0) is 14.9. The van der Waals surface area contributed by atoms with Crippen LogP contribution in [0.3, 0.4) is 0 Å². The lowest BCUT2D eigenvalue weighted by atomic mass is 10.1. The number of aromatic nitrogens is 3. The molecule has 0 radical (unpaired) electrons. The zero-order valence-corrected chi connectivity index (χ0v) is 12.8. The highest BCUT2D eigenvalue weighted by molar-refractivity contribution is 6.28. The van der Waals surface area contributed by atoms with Crippen LogP contribution in [0.4, 0.5) is 5.95 Å². The molecule has 0 unspecified atom stereocenters. The number of hydrogen-bond donors (Lipinski definition) is 1. The average molecular weight is 307 g/mol. The lowest BCUT2D eigenvalue weighted by Crippen LogP contribution is -2.08. The third-order valence-corrected chi connectivity index (χ3v) is 2.97. The third-order valence-electron chi connectivity index (χ3n) is 2.80. The van der Waals surface area contributed by atoms with Gasteiger partial charge in [0, 0.05) is 6.54 Å². The number of nitrogens with zero attached hydrogens (tertiary/aromatic N) is 3. The normalized spacial score (nSPS) is 10.4. The van der Waals surface area contributed by atoms with Crippen LogP contribution >= 0.6 is 11.6 Å². The second-order valence-corrected chi connectivity index (χ2v) is 4.91. The van der Waals surface area contributed by atoms with Gasteiger partial charge in [-0.25, -0.2) is 0 Å². The minimum absolute atomic E-state index is 0.140. The van der Waals surface area contributed by atoms with Crippen molar-refractivity contribution in [2.24, 2.45) is 0 Å². The summed E-state index contributed by atoms with van der Waals surface area (Å²) in [5.41, 5.74) is 1.29. The van der Waals surface area contributed by atoms with Crippen molar-refractivity contribution in [3.05, 3.63) is 41.2 Å². The van der Waals surface area contributed by atoms with Crippen LogP contribution in [0.2, 0.25) is 5.28 Å². The molecule has 5 nitrogen and oxygen atoms in total. The molecule has 0 amide bonds. The summed E-state index contributed by atoms with van der Waals surface area (Å²) in [5.74, 6) is 0.454. The van der Waals surface area contributed by atoms with Gasteiger partial charge in [0.1, 0.15) is 0 Å². The summed E-state index contributed by atoms with van der Waals surface area (Å²) in [6.07, 6.45) is 2.84. The number of benzene rings is 1. The van der Waals surface area contributed by atoms with Crippen molar-refractivity contribution < 1.29 is 4.74 Å². The smallest absolute Gasteiger partial charge is 0.322 e. The van der Waals surface area contributed by atoms with E-state index in [0.717, 1.165) is 25.8 Å². The average Bonchev–Trinajstić information content (AvgIpc) is 2.50. The van der Waals surface area contributed by atoms with E-state index in [9.17, 15) is 0 Å². The van der Waals surface area contributed by atoms with Gasteiger partial charge in [-0.1, -0.05) is 37.3 Å². The lowest BCUT2D eigenvalue weighted by Gasteiger charge is -2.07. The monoisotopic (exact) mass is 306 g/mol. The van der Waals surface area contributed by atoms with E-state index < -0.39 is 0 Å². The summed E-state index contributed by atoms with van der Waals surface area (Å²) in [6.45, 7) is 3.40. The van der Waals surface area contributed by atoms with E-state index >= 15 is 0 Å². The highest BCUT2D eigenvalue weighted by Gasteiger charge is 2.05. The van der Waals surface area contributed by atoms with Crippen LogP contribution in [-0.2, 0) is 6.42 Å². The fraction of sp³-hybridized carbons (Fsp3) is 0.400. The molecule has 1 aromatic heterocycles. The van der Waals surface area contributed by atoms with E-state index in [1.165, 1.54) is 5.56 Å². The van der Waals surface area contributed by atoms with E-state index in [0.29, 0.717) is 12.6 Å². The quantitative estimate of drug-likeness (QED) is 0.758. The maximum Gasteiger partial charge on any atom is 0.322 e. The molecule has 0 spiro atoms. The Bertz CT molecular complexity index is 551. The van der Waals surface area contributed by atoms with Gasteiger partial charge in [-0.2, -0.15) is 15.0 Å². The minimum Gasteiger partial charge on any atom is -0.463 e. The second kappa shape index (κ2) is 8.42. The first-order valence-electron chi connectivity index (χ1n) is 7.10. The van der Waals surface area contributed by atoms with E-state index in [1.54, 1.807) is 0 Å². The Morgan fingerprint density at radius 1 is 1.14 bits per heavy atom. The van der Waals surface area contributed by atoms with Crippen LogP contribution in [0.15, 0.2) is 30.3 Å². The van der Waals surface area contributed by atoms with Gasteiger partial charge in [-0.05, 0) is 36.4 Å². The zero-order valence-electron chi connectivity index (χ0n) is 12.1. The van der Waals surface area contributed by atoms with E-state index in [2.05, 4.69) is 39.3 Å². The predicted octanol–water partition coefficient (Wildman–Crippen LogP) is 3.36. The highest BCUT2D eigenvalue weighted by Crippen LogP contribution is 2.12. The Morgan fingerprint density at radius 3 is 2.71 bits per heavy atom. The van der Waals surface area contributed by atoms with Crippen molar-refractivity contribution in [1.82, 2.24) is 15.0 Å². The molecule has 0 fully saturated rings. The number of anilines is 1. The fourth-order valence-corrected chi connectivity index (χ4v) is 1.95. The Morgan fingerprint density at radius 2 is 1.95 bits per heavy atom. The molecule has 0 aliphatic rings. The molecule has 112 valence electrons. The summed E-state index contributed by atoms with van der Waals surface area (Å²) in [6, 6.07) is 10.6. The number of hydrogen-bond acceptors (Lipinski definition) is 5. The topological polar surface area (TPSA) is 59.9 Å². The number of nitrogens with one attached hydrogen (secondary N) is 1. The van der Waals surface area contributed by atoms with Gasteiger partial charge < -0.3 is 10.1 Å². The molecule has 6 heteroatoms. The number of ether oxygens (including phenoxy) is 1. The highest BCUT2D eigenvalue weighted by atomic mass is 35.5. The standard InChI is InChI=1S/C15H19ClN4O/c1-2-10-17-14-18-13(16)19-15(20-14)21-11-6-9-12-7-4-3-5-8-12/h3-5,7-8H,2,6,9-11H2,1H3,(H,17,18,19,20). The first-order valence-corrected chi connectivity index (χ1v) is 7.48. The van der Waals surface area contributed by atoms with Crippen LogP contribution in [0.25, 0.3) is 0 Å². The Hall–Kier alpha value is -1.88. The molecule has 0 atom stereocenters.